The summed E-state index contributed by atoms with van der Waals surface area (Å²) in [6.45, 7) is 9.82. The Morgan fingerprint density at radius 2 is 1.94 bits per heavy atom. The van der Waals surface area contributed by atoms with Crippen molar-refractivity contribution in [2.24, 2.45) is 5.73 Å². The lowest BCUT2D eigenvalue weighted by molar-refractivity contribution is -0.114. The first-order chi connectivity index (χ1) is 16.4. The van der Waals surface area contributed by atoms with Crippen molar-refractivity contribution in [2.75, 3.05) is 11.0 Å². The van der Waals surface area contributed by atoms with Crippen LogP contribution in [0.4, 0.5) is 4.79 Å². The lowest BCUT2D eigenvalue weighted by Gasteiger charge is -2.52. The molecule has 9 nitrogen and oxygen atoms in total. The van der Waals surface area contributed by atoms with Crippen molar-refractivity contribution in [3.05, 3.63) is 35.0 Å². The second-order valence-electron chi connectivity index (χ2n) is 10.4. The van der Waals surface area contributed by atoms with Crippen LogP contribution >= 0.6 is 22.6 Å². The van der Waals surface area contributed by atoms with Crippen molar-refractivity contribution in [2.45, 2.75) is 96.3 Å². The van der Waals surface area contributed by atoms with Gasteiger partial charge in [-0.2, -0.15) is 0 Å². The Hall–Kier alpha value is -1.47. The number of halogens is 1. The summed E-state index contributed by atoms with van der Waals surface area (Å²) in [4.78, 5) is 29.3. The molecule has 1 aromatic rings. The number of hydroxylamine groups is 2. The Kier molecular flexibility index (Phi) is 11.2. The van der Waals surface area contributed by atoms with Crippen LogP contribution in [0.1, 0.15) is 59.4 Å². The minimum absolute atomic E-state index is 0.164. The molecule has 1 fully saturated rings. The molecule has 1 aliphatic heterocycles. The number of rotatable bonds is 10. The summed E-state index contributed by atoms with van der Waals surface area (Å²) in [6.07, 6.45) is 2.85. The molecule has 0 spiro atoms. The molecule has 2 unspecified atom stereocenters. The number of phenolic OH excluding ortho intramolecular Hbond substituents is 1. The van der Waals surface area contributed by atoms with Crippen LogP contribution in [0.25, 0.3) is 0 Å². The predicted octanol–water partition coefficient (Wildman–Crippen LogP) is 3.42. The van der Waals surface area contributed by atoms with Gasteiger partial charge in [0.2, 0.25) is 0 Å². The molecule has 2 amide bonds. The van der Waals surface area contributed by atoms with E-state index in [0.717, 1.165) is 36.2 Å². The summed E-state index contributed by atoms with van der Waals surface area (Å²) < 4.78 is 0.409. The van der Waals surface area contributed by atoms with Gasteiger partial charge in [-0.1, -0.05) is 41.1 Å². The van der Waals surface area contributed by atoms with Gasteiger partial charge in [0.15, 0.2) is 0 Å². The highest BCUT2D eigenvalue weighted by Crippen LogP contribution is 2.24. The minimum atomic E-state index is -0.714. The number of hydrogen-bond donors (Lipinski definition) is 3. The van der Waals surface area contributed by atoms with E-state index in [2.05, 4.69) is 27.9 Å². The third kappa shape index (κ3) is 8.01. The maximum absolute atomic E-state index is 13.8. The lowest BCUT2D eigenvalue weighted by atomic mass is 10.00. The second-order valence-corrected chi connectivity index (χ2v) is 11.3. The summed E-state index contributed by atoms with van der Waals surface area (Å²) in [6, 6.07) is 5.40. The first-order valence-corrected chi connectivity index (χ1v) is 13.8. The number of nitrogens with two attached hydrogens (primary N) is 1. The van der Waals surface area contributed by atoms with Gasteiger partial charge < -0.3 is 36.1 Å². The van der Waals surface area contributed by atoms with Gasteiger partial charge in [0, 0.05) is 35.0 Å². The van der Waals surface area contributed by atoms with Gasteiger partial charge in [0.25, 0.3) is 0 Å². The predicted molar refractivity (Wildman–Crippen MR) is 147 cm³/mol. The zero-order chi connectivity index (χ0) is 26.3. The van der Waals surface area contributed by atoms with E-state index in [9.17, 15) is 19.9 Å². The van der Waals surface area contributed by atoms with Gasteiger partial charge in [-0.05, 0) is 65.2 Å². The summed E-state index contributed by atoms with van der Waals surface area (Å²) in [5, 5.41) is 27.0. The van der Waals surface area contributed by atoms with Crippen LogP contribution in [0.5, 0.6) is 5.75 Å². The van der Waals surface area contributed by atoms with E-state index in [1.54, 1.807) is 17.0 Å². The highest BCUT2D eigenvalue weighted by atomic mass is 127. The number of carbonyl (C=O) groups excluding carboxylic acids is 2. The average molecular weight is 603 g/mol. The maximum Gasteiger partial charge on any atom is 0.320 e. The van der Waals surface area contributed by atoms with Crippen molar-refractivity contribution in [3.8, 4) is 5.75 Å². The van der Waals surface area contributed by atoms with E-state index in [1.807, 2.05) is 51.7 Å². The number of nitrogens with one attached hydrogen (secondary N) is 1. The number of benzene rings is 1. The number of phenols is 1. The van der Waals surface area contributed by atoms with Crippen molar-refractivity contribution < 1.29 is 14.7 Å². The fourth-order valence-electron chi connectivity index (χ4n) is 4.38. The Morgan fingerprint density at radius 1 is 1.31 bits per heavy atom. The Balaban J connectivity index is 2.41. The van der Waals surface area contributed by atoms with Crippen LogP contribution in [-0.4, -0.2) is 79.3 Å². The average Bonchev–Trinajstić information content (AvgIpc) is 2.81. The Bertz CT molecular complexity index is 817. The number of alkyl halides is 1. The molecule has 0 saturated carbocycles. The molecule has 1 aliphatic rings. The number of aldehydes is 1. The van der Waals surface area contributed by atoms with Crippen molar-refractivity contribution >= 4 is 34.9 Å². The van der Waals surface area contributed by atoms with Gasteiger partial charge in [-0.15, -0.1) is 0 Å². The van der Waals surface area contributed by atoms with Gasteiger partial charge in [-0.3, -0.25) is 4.90 Å². The monoisotopic (exact) mass is 602 g/mol. The molecule has 198 valence electrons. The van der Waals surface area contributed by atoms with Gasteiger partial charge >= 0.3 is 6.03 Å². The van der Waals surface area contributed by atoms with Crippen LogP contribution < -0.4 is 11.1 Å². The largest absolute Gasteiger partial charge is 0.783 e. The number of piperidine rings is 1. The first-order valence-electron chi connectivity index (χ1n) is 12.3. The molecular weight excluding hydrogens is 561 g/mol. The zero-order valence-corrected chi connectivity index (χ0v) is 23.6. The number of carbonyl (C=O) groups is 2. The number of nitrogens with zero attached hydrogens (tertiary/aromatic N) is 3. The minimum Gasteiger partial charge on any atom is -0.783 e. The molecule has 0 bridgehead atoms. The van der Waals surface area contributed by atoms with E-state index in [-0.39, 0.29) is 23.9 Å². The molecule has 2 rings (SSSR count). The molecule has 1 heterocycles. The van der Waals surface area contributed by atoms with E-state index < -0.39 is 23.9 Å². The number of amides is 2. The number of likely N-dealkylation sites (tertiary alicyclic amines) is 1. The lowest BCUT2D eigenvalue weighted by Crippen LogP contribution is -2.65. The molecule has 1 saturated heterocycles. The van der Waals surface area contributed by atoms with Crippen LogP contribution in [0.3, 0.4) is 0 Å². The Morgan fingerprint density at radius 3 is 2.46 bits per heavy atom. The smallest absolute Gasteiger partial charge is 0.320 e. The van der Waals surface area contributed by atoms with Crippen LogP contribution in [0.2, 0.25) is 0 Å². The molecular formula is C25H41IN5O4-. The van der Waals surface area contributed by atoms with Gasteiger partial charge in [0.1, 0.15) is 12.0 Å². The maximum atomic E-state index is 13.8. The first kappa shape index (κ1) is 29.8. The fraction of sp³-hybridized carbons (Fsp3) is 0.680. The third-order valence-electron chi connectivity index (χ3n) is 6.63. The molecule has 0 aromatic heterocycles. The van der Waals surface area contributed by atoms with Crippen molar-refractivity contribution in [3.63, 3.8) is 0 Å². The molecule has 10 heteroatoms. The van der Waals surface area contributed by atoms with Crippen LogP contribution in [0.15, 0.2) is 24.3 Å². The molecule has 0 radical (unpaired) electrons. The highest BCUT2D eigenvalue weighted by Gasteiger charge is 2.36. The van der Waals surface area contributed by atoms with E-state index >= 15 is 0 Å². The molecule has 0 aliphatic carbocycles. The fourth-order valence-corrected chi connectivity index (χ4v) is 5.16. The van der Waals surface area contributed by atoms with E-state index in [1.165, 1.54) is 0 Å². The summed E-state index contributed by atoms with van der Waals surface area (Å²) in [7, 11) is 0. The van der Waals surface area contributed by atoms with Crippen LogP contribution in [0, 0.1) is 5.21 Å². The quantitative estimate of drug-likeness (QED) is 0.123. The van der Waals surface area contributed by atoms with Crippen molar-refractivity contribution in [1.82, 2.24) is 20.2 Å². The summed E-state index contributed by atoms with van der Waals surface area (Å²) in [5.74, 6) is 0.164. The Labute approximate surface area is 223 Å². The highest BCUT2D eigenvalue weighted by molar-refractivity contribution is 14.1. The molecule has 35 heavy (non-hydrogen) atoms. The normalized spacial score (nSPS) is 20.7. The van der Waals surface area contributed by atoms with E-state index in [4.69, 9.17) is 5.73 Å². The third-order valence-corrected chi connectivity index (χ3v) is 7.42. The standard InChI is InChI=1S/C25H41IN5O4/c1-17(27)18(2)30(23(15-26)31(35)25(3,4)5)24(34)28-22(14-19-9-11-21(33)12-10-19)29-13-7-6-8-20(29)16-32/h9-12,16-18,20,22-23,33H,6-8,13-15,27H2,1-5H3,(H,28,34)/q-1/t17-,18+,20?,22+,23?/m0/s1. The second kappa shape index (κ2) is 13.2. The van der Waals surface area contributed by atoms with Crippen molar-refractivity contribution in [1.29, 1.82) is 0 Å². The van der Waals surface area contributed by atoms with Gasteiger partial charge in [0.05, 0.1) is 18.4 Å². The molecule has 5 atom stereocenters. The summed E-state index contributed by atoms with van der Waals surface area (Å²) in [5.41, 5.74) is 6.42. The van der Waals surface area contributed by atoms with Gasteiger partial charge in [-0.25, -0.2) is 4.79 Å². The SMILES string of the molecule is C[C@H](N)[C@@H](C)N(C(=O)N[C@@H](Cc1ccc(O)cc1)N1CCCCC1C=O)C(CI)N([O-])C(C)(C)C. The number of urea groups is 1. The number of aromatic hydroxyl groups is 1. The topological polar surface area (TPSA) is 125 Å². The molecule has 1 aromatic carbocycles. The molecule has 4 N–H and O–H groups in total. The van der Waals surface area contributed by atoms with Crippen LogP contribution in [-0.2, 0) is 11.2 Å². The zero-order valence-electron chi connectivity index (χ0n) is 21.5. The van der Waals surface area contributed by atoms with E-state index in [0.29, 0.717) is 17.4 Å². The summed E-state index contributed by atoms with van der Waals surface area (Å²) >= 11 is 2.13. The number of hydrogen-bond acceptors (Lipinski definition) is 7.